The average Bonchev–Trinajstić information content (AvgIpc) is 2.92. The van der Waals surface area contributed by atoms with Crippen molar-refractivity contribution in [2.75, 3.05) is 29.9 Å². The molecule has 3 aromatic heterocycles. The topological polar surface area (TPSA) is 79.0 Å². The molecule has 1 aliphatic rings. The molecular formula is C29H32F2N7O+. The van der Waals surface area contributed by atoms with Gasteiger partial charge in [-0.15, -0.1) is 0 Å². The van der Waals surface area contributed by atoms with Gasteiger partial charge in [0, 0.05) is 23.2 Å². The first-order valence-electron chi connectivity index (χ1n) is 12.9. The van der Waals surface area contributed by atoms with Gasteiger partial charge in [0.2, 0.25) is 0 Å². The van der Waals surface area contributed by atoms with Crippen LogP contribution in [0.1, 0.15) is 47.7 Å². The molecule has 0 spiro atoms. The van der Waals surface area contributed by atoms with Gasteiger partial charge in [0.1, 0.15) is 18.1 Å². The Morgan fingerprint density at radius 1 is 1.05 bits per heavy atom. The van der Waals surface area contributed by atoms with Crippen molar-refractivity contribution in [3.05, 3.63) is 81.4 Å². The van der Waals surface area contributed by atoms with E-state index in [9.17, 15) is 13.6 Å². The number of anilines is 2. The van der Waals surface area contributed by atoms with Crippen molar-refractivity contribution < 1.29 is 13.4 Å². The molecule has 0 radical (unpaired) electrons. The van der Waals surface area contributed by atoms with E-state index in [2.05, 4.69) is 36.0 Å². The Morgan fingerprint density at radius 3 is 2.46 bits per heavy atom. The second kappa shape index (κ2) is 10.5. The second-order valence-corrected chi connectivity index (χ2v) is 10.0. The Hall–Kier alpha value is -4.21. The molecule has 0 unspecified atom stereocenters. The first kappa shape index (κ1) is 26.4. The molecule has 5 rings (SSSR count). The lowest BCUT2D eigenvalue weighted by atomic mass is 9.97. The number of nitrogens with zero attached hydrogens (tertiary/aromatic N) is 6. The molecular weight excluding hydrogens is 500 g/mol. The summed E-state index contributed by atoms with van der Waals surface area (Å²) in [5.41, 5.74) is 3.17. The van der Waals surface area contributed by atoms with Gasteiger partial charge < -0.3 is 10.2 Å². The van der Waals surface area contributed by atoms with E-state index in [0.29, 0.717) is 24.2 Å². The molecule has 4 heterocycles. The van der Waals surface area contributed by atoms with Crippen molar-refractivity contribution in [1.29, 1.82) is 0 Å². The lowest BCUT2D eigenvalue weighted by Gasteiger charge is -2.26. The molecule has 202 valence electrons. The van der Waals surface area contributed by atoms with Crippen molar-refractivity contribution in [1.82, 2.24) is 19.5 Å². The molecule has 8 nitrogen and oxygen atoms in total. The van der Waals surface area contributed by atoms with Gasteiger partial charge in [-0.3, -0.25) is 0 Å². The first-order chi connectivity index (χ1) is 18.6. The number of hydrogen-bond donors (Lipinski definition) is 1. The normalized spacial score (nSPS) is 14.6. The fraction of sp³-hybridized carbons (Fsp3) is 0.345. The van der Waals surface area contributed by atoms with E-state index in [-0.39, 0.29) is 23.0 Å². The van der Waals surface area contributed by atoms with Gasteiger partial charge in [-0.25, -0.2) is 33.1 Å². The van der Waals surface area contributed by atoms with Gasteiger partial charge in [-0.2, -0.15) is 4.57 Å². The summed E-state index contributed by atoms with van der Waals surface area (Å²) in [5, 5.41) is 4.61. The van der Waals surface area contributed by atoms with Crippen molar-refractivity contribution in [2.24, 2.45) is 7.05 Å². The van der Waals surface area contributed by atoms with E-state index in [0.717, 1.165) is 40.4 Å². The SMILES string of the molecule is Cc1cc([C@@H](C)Nc2ccc(C)nc2C(F)F)c2cc([N+]3=CCN(c4cnc(C)nc4)CC3)n(C)c(=O)c2c1. The van der Waals surface area contributed by atoms with Crippen LogP contribution in [0.3, 0.4) is 0 Å². The molecule has 0 bridgehead atoms. The van der Waals surface area contributed by atoms with Crippen LogP contribution in [0.25, 0.3) is 10.8 Å². The van der Waals surface area contributed by atoms with Crippen LogP contribution >= 0.6 is 0 Å². The van der Waals surface area contributed by atoms with Crippen LogP contribution in [0, 0.1) is 20.8 Å². The minimum Gasteiger partial charge on any atom is -0.377 e. The van der Waals surface area contributed by atoms with Crippen molar-refractivity contribution in [3.8, 4) is 0 Å². The Labute approximate surface area is 225 Å². The summed E-state index contributed by atoms with van der Waals surface area (Å²) >= 11 is 0. The number of hydrogen-bond acceptors (Lipinski definition) is 6. The third kappa shape index (κ3) is 5.23. The van der Waals surface area contributed by atoms with E-state index in [1.807, 2.05) is 51.4 Å². The number of pyridine rings is 2. The summed E-state index contributed by atoms with van der Waals surface area (Å²) in [6, 6.07) is 8.90. The Balaban J connectivity index is 1.53. The summed E-state index contributed by atoms with van der Waals surface area (Å²) in [7, 11) is 1.78. The zero-order valence-electron chi connectivity index (χ0n) is 22.7. The lowest BCUT2D eigenvalue weighted by Crippen LogP contribution is -2.39. The van der Waals surface area contributed by atoms with Crippen molar-refractivity contribution in [2.45, 2.75) is 40.2 Å². The zero-order chi connectivity index (χ0) is 27.8. The van der Waals surface area contributed by atoms with Gasteiger partial charge in [0.25, 0.3) is 12.2 Å². The second-order valence-electron chi connectivity index (χ2n) is 10.0. The molecule has 1 aliphatic heterocycles. The lowest BCUT2D eigenvalue weighted by molar-refractivity contribution is -0.443. The van der Waals surface area contributed by atoms with Gasteiger partial charge in [0.05, 0.1) is 55.5 Å². The Bertz CT molecular complexity index is 1630. The summed E-state index contributed by atoms with van der Waals surface area (Å²) in [5.74, 6) is 1.50. The number of benzene rings is 1. The Morgan fingerprint density at radius 2 is 1.79 bits per heavy atom. The monoisotopic (exact) mass is 532 g/mol. The van der Waals surface area contributed by atoms with Crippen LogP contribution in [0.5, 0.6) is 0 Å². The van der Waals surface area contributed by atoms with Crippen LogP contribution in [-0.4, -0.2) is 49.9 Å². The summed E-state index contributed by atoms with van der Waals surface area (Å²) < 4.78 is 31.2. The van der Waals surface area contributed by atoms with Gasteiger partial charge in [-0.05, 0) is 57.0 Å². The fourth-order valence-corrected chi connectivity index (χ4v) is 5.08. The summed E-state index contributed by atoms with van der Waals surface area (Å²) in [6.07, 6.45) is 3.01. The fourth-order valence-electron chi connectivity index (χ4n) is 5.08. The standard InChI is InChI=1S/C29H32F2N7O/c1-17-12-22(19(3)35-25-7-6-18(2)34-27(25)28(30)31)23-14-26(36(5)29(39)24(23)13-17)38-10-8-37(9-11-38)21-15-32-20(4)33-16-21/h6-7,10,12-16,19,28,35H,8-9,11H2,1-5H3/q+1/t19-/m1/s1. The van der Waals surface area contributed by atoms with E-state index < -0.39 is 6.43 Å². The van der Waals surface area contributed by atoms with Gasteiger partial charge >= 0.3 is 5.56 Å². The van der Waals surface area contributed by atoms with Crippen LogP contribution < -0.4 is 15.8 Å². The molecule has 0 saturated heterocycles. The molecule has 1 aromatic carbocycles. The largest absolute Gasteiger partial charge is 0.377 e. The predicted octanol–water partition coefficient (Wildman–Crippen LogP) is 4.99. The van der Waals surface area contributed by atoms with E-state index in [4.69, 9.17) is 0 Å². The molecule has 4 aromatic rings. The molecule has 0 amide bonds. The van der Waals surface area contributed by atoms with Gasteiger partial charge in [0.15, 0.2) is 0 Å². The highest BCUT2D eigenvalue weighted by Gasteiger charge is 2.24. The maximum atomic E-state index is 13.7. The summed E-state index contributed by atoms with van der Waals surface area (Å²) in [4.78, 5) is 28.4. The minimum atomic E-state index is -2.70. The van der Waals surface area contributed by atoms with Crippen LogP contribution in [0.15, 0.2) is 47.5 Å². The highest BCUT2D eigenvalue weighted by Crippen LogP contribution is 2.32. The molecule has 10 heteroatoms. The smallest absolute Gasteiger partial charge is 0.341 e. The molecule has 1 atom stereocenters. The van der Waals surface area contributed by atoms with E-state index >= 15 is 0 Å². The first-order valence-corrected chi connectivity index (χ1v) is 12.9. The van der Waals surface area contributed by atoms with E-state index in [1.165, 1.54) is 0 Å². The molecule has 0 saturated carbocycles. The maximum Gasteiger partial charge on any atom is 0.341 e. The van der Waals surface area contributed by atoms with Crippen LogP contribution in [0.2, 0.25) is 0 Å². The third-order valence-corrected chi connectivity index (χ3v) is 7.18. The number of alkyl halides is 2. The number of halogens is 2. The van der Waals surface area contributed by atoms with Crippen LogP contribution in [0.4, 0.5) is 26.0 Å². The molecule has 1 N–H and O–H groups in total. The quantitative estimate of drug-likeness (QED) is 0.353. The molecule has 0 fully saturated rings. The number of aryl methyl sites for hydroxylation is 3. The number of aromatic nitrogens is 4. The summed E-state index contributed by atoms with van der Waals surface area (Å²) in [6.45, 7) is 9.45. The number of nitrogens with one attached hydrogen (secondary N) is 1. The van der Waals surface area contributed by atoms with Crippen molar-refractivity contribution in [3.63, 3.8) is 0 Å². The van der Waals surface area contributed by atoms with Gasteiger partial charge in [-0.1, -0.05) is 6.07 Å². The maximum absolute atomic E-state index is 13.7. The highest BCUT2D eigenvalue weighted by molar-refractivity contribution is 5.88. The number of fused-ring (bicyclic) bond motifs is 1. The Kier molecular flexibility index (Phi) is 7.12. The molecule has 0 aliphatic carbocycles. The zero-order valence-corrected chi connectivity index (χ0v) is 22.7. The molecule has 39 heavy (non-hydrogen) atoms. The number of rotatable bonds is 6. The van der Waals surface area contributed by atoms with E-state index in [1.54, 1.807) is 30.7 Å². The third-order valence-electron chi connectivity index (χ3n) is 7.18. The van der Waals surface area contributed by atoms with Crippen LogP contribution in [-0.2, 0) is 7.05 Å². The van der Waals surface area contributed by atoms with Crippen molar-refractivity contribution >= 4 is 34.2 Å². The predicted molar refractivity (Wildman–Crippen MR) is 150 cm³/mol. The highest BCUT2D eigenvalue weighted by atomic mass is 19.3. The average molecular weight is 533 g/mol. The minimum absolute atomic E-state index is 0.104.